The zero-order chi connectivity index (χ0) is 16.1. The summed E-state index contributed by atoms with van der Waals surface area (Å²) in [4.78, 5) is 27.6. The second kappa shape index (κ2) is 7.02. The highest BCUT2D eigenvalue weighted by Crippen LogP contribution is 2.33. The Balaban J connectivity index is 1.94. The zero-order valence-electron chi connectivity index (χ0n) is 12.3. The molecule has 3 rings (SSSR count). The van der Waals surface area contributed by atoms with E-state index in [0.717, 1.165) is 5.69 Å². The van der Waals surface area contributed by atoms with E-state index in [-0.39, 0.29) is 5.91 Å². The van der Waals surface area contributed by atoms with Gasteiger partial charge < -0.3 is 0 Å². The molecule has 2 aromatic rings. The third-order valence-electron chi connectivity index (χ3n) is 3.03. The van der Waals surface area contributed by atoms with Crippen molar-refractivity contribution in [1.29, 1.82) is 0 Å². The summed E-state index contributed by atoms with van der Waals surface area (Å²) in [6.45, 7) is 4.10. The van der Waals surface area contributed by atoms with Crippen LogP contribution in [-0.2, 0) is 4.79 Å². The summed E-state index contributed by atoms with van der Waals surface area (Å²) in [5, 5.41) is 0.593. The minimum absolute atomic E-state index is 0.102. The quantitative estimate of drug-likeness (QED) is 0.640. The van der Waals surface area contributed by atoms with Gasteiger partial charge in [-0.1, -0.05) is 18.2 Å². The van der Waals surface area contributed by atoms with Crippen LogP contribution in [0.5, 0.6) is 0 Å². The van der Waals surface area contributed by atoms with Crippen molar-refractivity contribution in [2.75, 3.05) is 6.54 Å². The van der Waals surface area contributed by atoms with E-state index in [1.54, 1.807) is 35.5 Å². The van der Waals surface area contributed by atoms with Crippen molar-refractivity contribution in [3.05, 3.63) is 72.0 Å². The Labute approximate surface area is 138 Å². The van der Waals surface area contributed by atoms with Gasteiger partial charge in [0.15, 0.2) is 11.0 Å². The fraction of sp³-hybridized carbons (Fsp3) is 0.0588. The fourth-order valence-corrected chi connectivity index (χ4v) is 2.98. The molecule has 5 nitrogen and oxygen atoms in total. The van der Waals surface area contributed by atoms with Crippen molar-refractivity contribution in [2.45, 2.75) is 0 Å². The molecule has 23 heavy (non-hydrogen) atoms. The number of thioether (sulfide) groups is 1. The first-order chi connectivity index (χ1) is 11.3. The summed E-state index contributed by atoms with van der Waals surface area (Å²) < 4.78 is 0. The molecule has 2 aromatic heterocycles. The van der Waals surface area contributed by atoms with E-state index in [9.17, 15) is 4.79 Å². The van der Waals surface area contributed by atoms with Gasteiger partial charge in [0.05, 0.1) is 10.6 Å². The Kier molecular flexibility index (Phi) is 4.63. The molecule has 1 fully saturated rings. The number of nitrogens with zero attached hydrogens (tertiary/aromatic N) is 4. The normalized spacial score (nSPS) is 17.9. The number of hydrogen-bond acceptors (Lipinski definition) is 5. The number of aliphatic imine (C=N–C) groups is 1. The summed E-state index contributed by atoms with van der Waals surface area (Å²) in [5.41, 5.74) is 0.737. The molecular formula is C17H14N4OS. The average Bonchev–Trinajstić information content (AvgIpc) is 2.86. The van der Waals surface area contributed by atoms with Gasteiger partial charge in [0.25, 0.3) is 5.91 Å². The van der Waals surface area contributed by atoms with Crippen LogP contribution in [0.1, 0.15) is 5.69 Å². The van der Waals surface area contributed by atoms with Gasteiger partial charge in [-0.15, -0.1) is 6.58 Å². The smallest absolute Gasteiger partial charge is 0.267 e. The fourth-order valence-electron chi connectivity index (χ4n) is 1.99. The van der Waals surface area contributed by atoms with Gasteiger partial charge in [0, 0.05) is 18.9 Å². The molecule has 3 heterocycles. The van der Waals surface area contributed by atoms with Gasteiger partial charge in [0.2, 0.25) is 0 Å². The Morgan fingerprint density at radius 3 is 2.61 bits per heavy atom. The van der Waals surface area contributed by atoms with Crippen LogP contribution in [0, 0.1) is 0 Å². The summed E-state index contributed by atoms with van der Waals surface area (Å²) in [5.74, 6) is 0.464. The van der Waals surface area contributed by atoms with Gasteiger partial charge in [-0.3, -0.25) is 14.7 Å². The van der Waals surface area contributed by atoms with E-state index < -0.39 is 0 Å². The zero-order valence-corrected chi connectivity index (χ0v) is 13.1. The highest BCUT2D eigenvalue weighted by atomic mass is 32.2. The van der Waals surface area contributed by atoms with Crippen LogP contribution < -0.4 is 0 Å². The van der Waals surface area contributed by atoms with E-state index in [0.29, 0.717) is 22.4 Å². The van der Waals surface area contributed by atoms with Gasteiger partial charge in [-0.2, -0.15) is 0 Å². The molecule has 0 N–H and O–H groups in total. The van der Waals surface area contributed by atoms with E-state index >= 15 is 0 Å². The third-order valence-corrected chi connectivity index (χ3v) is 4.03. The largest absolute Gasteiger partial charge is 0.282 e. The van der Waals surface area contributed by atoms with Gasteiger partial charge in [0.1, 0.15) is 0 Å². The minimum Gasteiger partial charge on any atom is -0.282 e. The van der Waals surface area contributed by atoms with E-state index in [1.807, 2.05) is 30.3 Å². The molecule has 1 amide bonds. The van der Waals surface area contributed by atoms with Gasteiger partial charge in [-0.05, 0) is 42.1 Å². The van der Waals surface area contributed by atoms with E-state index in [2.05, 4.69) is 21.5 Å². The molecule has 0 atom stereocenters. The first-order valence-electron chi connectivity index (χ1n) is 7.01. The highest BCUT2D eigenvalue weighted by molar-refractivity contribution is 8.18. The lowest BCUT2D eigenvalue weighted by Crippen LogP contribution is -2.29. The molecular weight excluding hydrogens is 308 g/mol. The summed E-state index contributed by atoms with van der Waals surface area (Å²) in [6.07, 6.45) is 6.81. The Bertz CT molecular complexity index is 772. The number of carbonyl (C=O) groups is 1. The van der Waals surface area contributed by atoms with Crippen molar-refractivity contribution >= 4 is 34.7 Å². The molecule has 0 unspecified atom stereocenters. The van der Waals surface area contributed by atoms with Crippen molar-refractivity contribution in [3.63, 3.8) is 0 Å². The minimum atomic E-state index is -0.102. The second-order valence-corrected chi connectivity index (χ2v) is 5.66. The standard InChI is InChI=1S/C17H14N4OS/c1-2-11-21-16(22)14(12-13-7-3-5-9-18-13)23-17(21)20-15-8-4-6-10-19-15/h2-10,12H,1,11H2/b14-12-,20-17+. The summed E-state index contributed by atoms with van der Waals surface area (Å²) >= 11 is 1.32. The van der Waals surface area contributed by atoms with Crippen LogP contribution in [-0.4, -0.2) is 32.5 Å². The third kappa shape index (κ3) is 3.54. The molecule has 0 saturated carbocycles. The summed E-state index contributed by atoms with van der Waals surface area (Å²) in [6, 6.07) is 11.1. The lowest BCUT2D eigenvalue weighted by atomic mass is 10.3. The molecule has 1 saturated heterocycles. The number of aromatic nitrogens is 2. The molecule has 0 spiro atoms. The predicted molar refractivity (Wildman–Crippen MR) is 93.0 cm³/mol. The molecule has 0 bridgehead atoms. The topological polar surface area (TPSA) is 58.5 Å². The molecule has 0 aromatic carbocycles. The van der Waals surface area contributed by atoms with Crippen molar-refractivity contribution in [3.8, 4) is 0 Å². The predicted octanol–water partition coefficient (Wildman–Crippen LogP) is 3.27. The maximum atomic E-state index is 12.6. The maximum absolute atomic E-state index is 12.6. The first-order valence-corrected chi connectivity index (χ1v) is 7.82. The van der Waals surface area contributed by atoms with E-state index in [1.165, 1.54) is 11.8 Å². The van der Waals surface area contributed by atoms with Gasteiger partial charge in [-0.25, -0.2) is 9.98 Å². The van der Waals surface area contributed by atoms with Crippen LogP contribution in [0.3, 0.4) is 0 Å². The van der Waals surface area contributed by atoms with Crippen molar-refractivity contribution in [2.24, 2.45) is 4.99 Å². The molecule has 0 aliphatic carbocycles. The first kappa shape index (κ1) is 15.2. The Morgan fingerprint density at radius 2 is 1.96 bits per heavy atom. The molecule has 6 heteroatoms. The maximum Gasteiger partial charge on any atom is 0.267 e. The molecule has 114 valence electrons. The van der Waals surface area contributed by atoms with Crippen molar-refractivity contribution in [1.82, 2.24) is 14.9 Å². The SMILES string of the molecule is C=CCN1C(=O)/C(=C/c2ccccn2)S/C1=N/c1ccccn1. The summed E-state index contributed by atoms with van der Waals surface area (Å²) in [7, 11) is 0. The van der Waals surface area contributed by atoms with Crippen LogP contribution in [0.25, 0.3) is 6.08 Å². The number of pyridine rings is 2. The van der Waals surface area contributed by atoms with E-state index in [4.69, 9.17) is 0 Å². The lowest BCUT2D eigenvalue weighted by Gasteiger charge is -2.12. The van der Waals surface area contributed by atoms with Crippen molar-refractivity contribution < 1.29 is 4.79 Å². The van der Waals surface area contributed by atoms with Gasteiger partial charge >= 0.3 is 0 Å². The lowest BCUT2D eigenvalue weighted by molar-refractivity contribution is -0.121. The van der Waals surface area contributed by atoms with Crippen LogP contribution in [0.15, 0.2) is 71.3 Å². The number of carbonyl (C=O) groups excluding carboxylic acids is 1. The number of amidine groups is 1. The Hall–Kier alpha value is -2.73. The Morgan fingerprint density at radius 1 is 1.17 bits per heavy atom. The van der Waals surface area contributed by atoms with Crippen LogP contribution >= 0.6 is 11.8 Å². The molecule has 1 aliphatic heterocycles. The molecule has 0 radical (unpaired) electrons. The van der Waals surface area contributed by atoms with Crippen LogP contribution in [0.4, 0.5) is 5.82 Å². The number of rotatable bonds is 4. The average molecular weight is 322 g/mol. The number of amides is 1. The van der Waals surface area contributed by atoms with Crippen LogP contribution in [0.2, 0.25) is 0 Å². The monoisotopic (exact) mass is 322 g/mol. The second-order valence-electron chi connectivity index (χ2n) is 4.65. The molecule has 1 aliphatic rings. The number of hydrogen-bond donors (Lipinski definition) is 0. The highest BCUT2D eigenvalue weighted by Gasteiger charge is 2.32.